The number of carbonyl (C=O) groups excluding carboxylic acids is 1. The van der Waals surface area contributed by atoms with Crippen molar-refractivity contribution in [1.82, 2.24) is 19.8 Å². The quantitative estimate of drug-likeness (QED) is 0.180. The summed E-state index contributed by atoms with van der Waals surface area (Å²) in [6, 6.07) is 9.91. The minimum absolute atomic E-state index is 0.0505. The van der Waals surface area contributed by atoms with E-state index in [4.69, 9.17) is 9.05 Å². The van der Waals surface area contributed by atoms with Gasteiger partial charge in [-0.1, -0.05) is 24.3 Å². The molecule has 3 aromatic rings. The highest BCUT2D eigenvalue weighted by Gasteiger charge is 2.37. The average molecular weight is 675 g/mol. The molecule has 16 heteroatoms. The molecular weight excluding hydrogens is 640 g/mol. The van der Waals surface area contributed by atoms with Crippen molar-refractivity contribution < 1.29 is 41.5 Å². The molecule has 0 radical (unpaired) electrons. The third-order valence-corrected chi connectivity index (χ3v) is 9.74. The van der Waals surface area contributed by atoms with Crippen LogP contribution in [0.3, 0.4) is 0 Å². The van der Waals surface area contributed by atoms with Crippen molar-refractivity contribution in [3.8, 4) is 0 Å². The fourth-order valence-electron chi connectivity index (χ4n) is 5.49. The number of hydrogen-bond donors (Lipinski definition) is 3. The normalized spacial score (nSPS) is 15.0. The van der Waals surface area contributed by atoms with Crippen LogP contribution in [-0.2, 0) is 32.5 Å². The lowest BCUT2D eigenvalue weighted by Gasteiger charge is -2.25. The summed E-state index contributed by atoms with van der Waals surface area (Å²) in [5, 5.41) is 14.9. The fraction of sp³-hybridized carbons (Fsp3) is 0.355. The molecule has 0 unspecified atom stereocenters. The predicted octanol–water partition coefficient (Wildman–Crippen LogP) is 7.10. The molecule has 0 atom stereocenters. The molecule has 47 heavy (non-hydrogen) atoms. The SMILES string of the molecule is CCOP(=O)(Cc1ccc(Nc2ncc(C(F)(F)F)c(Nc3ccc(C4=CCN(C(=O)O)CC4)c4c3C(=O)N(C)C4)n2)cc1)OCC. The monoisotopic (exact) mass is 674 g/mol. The first-order valence-corrected chi connectivity index (χ1v) is 16.6. The first-order valence-electron chi connectivity index (χ1n) is 14.9. The van der Waals surface area contributed by atoms with Crippen LogP contribution in [-0.4, -0.2) is 70.2 Å². The third kappa shape index (κ3) is 7.58. The van der Waals surface area contributed by atoms with Gasteiger partial charge in [-0.05, 0) is 60.7 Å². The van der Waals surface area contributed by atoms with Gasteiger partial charge < -0.3 is 34.6 Å². The summed E-state index contributed by atoms with van der Waals surface area (Å²) < 4.78 is 65.8. The highest BCUT2D eigenvalue weighted by atomic mass is 31.2. The van der Waals surface area contributed by atoms with Crippen molar-refractivity contribution in [2.24, 2.45) is 0 Å². The lowest BCUT2D eigenvalue weighted by atomic mass is 9.92. The van der Waals surface area contributed by atoms with Crippen LogP contribution in [0.2, 0.25) is 0 Å². The Morgan fingerprint density at radius 3 is 2.38 bits per heavy atom. The Balaban J connectivity index is 1.43. The number of aromatic nitrogens is 2. The van der Waals surface area contributed by atoms with E-state index in [0.29, 0.717) is 29.4 Å². The molecule has 2 aliphatic rings. The highest BCUT2D eigenvalue weighted by molar-refractivity contribution is 7.53. The van der Waals surface area contributed by atoms with Crippen molar-refractivity contribution in [3.05, 3.63) is 76.5 Å². The van der Waals surface area contributed by atoms with Crippen molar-refractivity contribution in [2.45, 2.75) is 39.2 Å². The van der Waals surface area contributed by atoms with Crippen LogP contribution in [0.1, 0.15) is 52.9 Å². The van der Waals surface area contributed by atoms with Crippen molar-refractivity contribution >= 4 is 48.3 Å². The zero-order valence-electron chi connectivity index (χ0n) is 25.9. The number of anilines is 4. The number of carboxylic acid groups (broad SMARTS) is 1. The molecule has 3 N–H and O–H groups in total. The number of alkyl halides is 3. The van der Waals surface area contributed by atoms with E-state index in [1.165, 1.54) is 15.9 Å². The van der Waals surface area contributed by atoms with Crippen molar-refractivity contribution in [3.63, 3.8) is 0 Å². The summed E-state index contributed by atoms with van der Waals surface area (Å²) in [4.78, 5) is 35.3. The Morgan fingerprint density at radius 2 is 1.79 bits per heavy atom. The van der Waals surface area contributed by atoms with Gasteiger partial charge in [0.1, 0.15) is 11.4 Å². The average Bonchev–Trinajstić information content (AvgIpc) is 3.32. The molecule has 5 rings (SSSR count). The minimum atomic E-state index is -4.80. The molecule has 2 amide bonds. The van der Waals surface area contributed by atoms with Gasteiger partial charge in [-0.2, -0.15) is 18.2 Å². The summed E-state index contributed by atoms with van der Waals surface area (Å²) in [5.41, 5.74) is 2.63. The first kappa shape index (κ1) is 33.9. The maximum Gasteiger partial charge on any atom is 0.421 e. The first-order chi connectivity index (χ1) is 22.3. The zero-order valence-corrected chi connectivity index (χ0v) is 26.8. The maximum absolute atomic E-state index is 14.1. The Bertz CT molecular complexity index is 1740. The van der Waals surface area contributed by atoms with Gasteiger partial charge in [-0.3, -0.25) is 9.36 Å². The van der Waals surface area contributed by atoms with Crippen molar-refractivity contribution in [2.75, 3.05) is 44.0 Å². The number of nitrogens with zero attached hydrogens (tertiary/aromatic N) is 4. The van der Waals surface area contributed by atoms with Gasteiger partial charge in [0.15, 0.2) is 0 Å². The topological polar surface area (TPSA) is 146 Å². The number of fused-ring (bicyclic) bond motifs is 1. The van der Waals surface area contributed by atoms with Crippen LogP contribution in [0.25, 0.3) is 5.57 Å². The maximum atomic E-state index is 14.1. The molecule has 0 bridgehead atoms. The molecule has 250 valence electrons. The molecule has 1 aromatic heterocycles. The van der Waals surface area contributed by atoms with Crippen LogP contribution in [0.15, 0.2) is 48.7 Å². The molecule has 0 aliphatic carbocycles. The van der Waals surface area contributed by atoms with Gasteiger partial charge in [0.25, 0.3) is 5.91 Å². The lowest BCUT2D eigenvalue weighted by Crippen LogP contribution is -2.33. The van der Waals surface area contributed by atoms with E-state index in [-0.39, 0.29) is 62.1 Å². The van der Waals surface area contributed by atoms with Crippen LogP contribution >= 0.6 is 7.60 Å². The number of hydrogen-bond acceptors (Lipinski definition) is 9. The number of amides is 2. The van der Waals surface area contributed by atoms with E-state index in [1.54, 1.807) is 57.3 Å². The summed E-state index contributed by atoms with van der Waals surface area (Å²) in [6.45, 7) is 4.61. The van der Waals surface area contributed by atoms with Crippen LogP contribution in [0.4, 0.5) is 41.1 Å². The van der Waals surface area contributed by atoms with Gasteiger partial charge in [0.05, 0.1) is 30.6 Å². The smallest absolute Gasteiger partial charge is 0.421 e. The molecule has 12 nitrogen and oxygen atoms in total. The fourth-order valence-corrected chi connectivity index (χ4v) is 7.19. The molecule has 0 fully saturated rings. The predicted molar refractivity (Wildman–Crippen MR) is 169 cm³/mol. The van der Waals surface area contributed by atoms with Gasteiger partial charge in [0, 0.05) is 38.6 Å². The Kier molecular flexibility index (Phi) is 9.89. The zero-order chi connectivity index (χ0) is 33.9. The van der Waals surface area contributed by atoms with E-state index in [1.807, 2.05) is 0 Å². The lowest BCUT2D eigenvalue weighted by molar-refractivity contribution is -0.137. The summed E-state index contributed by atoms with van der Waals surface area (Å²) >= 11 is 0. The van der Waals surface area contributed by atoms with E-state index < -0.39 is 31.2 Å². The summed E-state index contributed by atoms with van der Waals surface area (Å²) in [6.07, 6.45) is -2.89. The van der Waals surface area contributed by atoms with Gasteiger partial charge in [0.2, 0.25) is 5.95 Å². The number of benzene rings is 2. The largest absolute Gasteiger partial charge is 0.465 e. The third-order valence-electron chi connectivity index (χ3n) is 7.68. The van der Waals surface area contributed by atoms with Crippen LogP contribution in [0, 0.1) is 0 Å². The number of carbonyl (C=O) groups is 2. The number of halogens is 3. The van der Waals surface area contributed by atoms with Crippen molar-refractivity contribution in [1.29, 1.82) is 0 Å². The second-order valence-corrected chi connectivity index (χ2v) is 12.9. The van der Waals surface area contributed by atoms with E-state index >= 15 is 0 Å². The number of nitrogens with one attached hydrogen (secondary N) is 2. The standard InChI is InChI=1S/C31H34F3N6O6P/c1-4-45-47(44,46-5-2)18-19-6-8-21(9-7-19)36-29-35-16-24(31(32,33)34)27(38-29)37-25-11-10-22(23-17-39(3)28(41)26(23)25)20-12-14-40(15-13-20)30(42)43/h6-12,16H,4-5,13-15,17-18H2,1-3H3,(H,42,43)(H2,35,36,37,38). The Morgan fingerprint density at radius 1 is 1.09 bits per heavy atom. The summed E-state index contributed by atoms with van der Waals surface area (Å²) in [5.74, 6) is -1.05. The molecule has 0 saturated carbocycles. The van der Waals surface area contributed by atoms with E-state index in [0.717, 1.165) is 11.1 Å². The van der Waals surface area contributed by atoms with Gasteiger partial charge >= 0.3 is 19.9 Å². The molecule has 3 heterocycles. The van der Waals surface area contributed by atoms with Crippen LogP contribution < -0.4 is 10.6 Å². The molecule has 0 saturated heterocycles. The Labute approximate surface area is 269 Å². The Hall–Kier alpha value is -4.46. The molecule has 0 spiro atoms. The summed E-state index contributed by atoms with van der Waals surface area (Å²) in [7, 11) is -1.73. The van der Waals surface area contributed by atoms with E-state index in [2.05, 4.69) is 20.6 Å². The second-order valence-electron chi connectivity index (χ2n) is 10.9. The minimum Gasteiger partial charge on any atom is -0.465 e. The van der Waals surface area contributed by atoms with E-state index in [9.17, 15) is 32.4 Å². The van der Waals surface area contributed by atoms with Crippen LogP contribution in [0.5, 0.6) is 0 Å². The molecular formula is C31H34F3N6O6P. The highest BCUT2D eigenvalue weighted by Crippen LogP contribution is 2.51. The number of rotatable bonds is 11. The molecule has 2 aromatic carbocycles. The molecule has 2 aliphatic heterocycles. The van der Waals surface area contributed by atoms with Gasteiger partial charge in [-0.25, -0.2) is 9.78 Å². The second kappa shape index (κ2) is 13.7. The van der Waals surface area contributed by atoms with Gasteiger partial charge in [-0.15, -0.1) is 0 Å².